The van der Waals surface area contributed by atoms with Gasteiger partial charge >= 0.3 is 0 Å². The zero-order chi connectivity index (χ0) is 17.1. The van der Waals surface area contributed by atoms with Crippen LogP contribution in [0.25, 0.3) is 0 Å². The molecule has 24 heavy (non-hydrogen) atoms. The Balaban J connectivity index is 1.65. The summed E-state index contributed by atoms with van der Waals surface area (Å²) in [5.74, 6) is -0.130. The van der Waals surface area contributed by atoms with Crippen molar-refractivity contribution in [1.29, 1.82) is 0 Å². The van der Waals surface area contributed by atoms with E-state index in [0.717, 1.165) is 36.9 Å². The van der Waals surface area contributed by atoms with Gasteiger partial charge in [-0.1, -0.05) is 35.0 Å². The van der Waals surface area contributed by atoms with Crippen molar-refractivity contribution in [2.24, 2.45) is 0 Å². The van der Waals surface area contributed by atoms with Gasteiger partial charge < -0.3 is 10.3 Å². The number of benzene rings is 1. The molecular weight excluding hydrogens is 369 g/mol. The number of H-pyrrole nitrogens is 1. The minimum absolute atomic E-state index is 0.0968. The molecule has 2 aromatic rings. The SMILES string of the molecule is O=C(CSc1nc2c(c(=O)[nH]1)CCCC2)Nc1cc(Cl)ccc1Cl. The van der Waals surface area contributed by atoms with Gasteiger partial charge in [-0.3, -0.25) is 9.59 Å². The van der Waals surface area contributed by atoms with Crippen LogP contribution in [-0.4, -0.2) is 21.6 Å². The first kappa shape index (κ1) is 17.3. The van der Waals surface area contributed by atoms with E-state index < -0.39 is 0 Å². The monoisotopic (exact) mass is 383 g/mol. The van der Waals surface area contributed by atoms with E-state index in [9.17, 15) is 9.59 Å². The number of thioether (sulfide) groups is 1. The lowest BCUT2D eigenvalue weighted by molar-refractivity contribution is -0.113. The van der Waals surface area contributed by atoms with Crippen LogP contribution < -0.4 is 10.9 Å². The second-order valence-corrected chi connectivity index (χ2v) is 7.27. The van der Waals surface area contributed by atoms with Crippen molar-refractivity contribution in [3.63, 3.8) is 0 Å². The highest BCUT2D eigenvalue weighted by Gasteiger charge is 2.16. The fraction of sp³-hybridized carbons (Fsp3) is 0.312. The summed E-state index contributed by atoms with van der Waals surface area (Å²) in [6.45, 7) is 0. The number of aryl methyl sites for hydroxylation is 1. The Morgan fingerprint density at radius 3 is 2.92 bits per heavy atom. The first-order chi connectivity index (χ1) is 11.5. The van der Waals surface area contributed by atoms with E-state index in [2.05, 4.69) is 15.3 Å². The third-order valence-corrected chi connectivity index (χ3v) is 5.15. The molecule has 3 rings (SSSR count). The molecule has 1 aromatic carbocycles. The summed E-state index contributed by atoms with van der Waals surface area (Å²) in [4.78, 5) is 31.3. The number of anilines is 1. The molecule has 0 aliphatic heterocycles. The number of carbonyl (C=O) groups is 1. The van der Waals surface area contributed by atoms with E-state index in [1.807, 2.05) is 0 Å². The predicted molar refractivity (Wildman–Crippen MR) is 97.3 cm³/mol. The lowest BCUT2D eigenvalue weighted by Gasteiger charge is -2.14. The molecule has 0 saturated heterocycles. The van der Waals surface area contributed by atoms with Crippen molar-refractivity contribution in [3.8, 4) is 0 Å². The Morgan fingerprint density at radius 1 is 1.29 bits per heavy atom. The zero-order valence-electron chi connectivity index (χ0n) is 12.7. The van der Waals surface area contributed by atoms with Crippen LogP contribution in [0.3, 0.4) is 0 Å². The third-order valence-electron chi connectivity index (χ3n) is 3.71. The number of nitrogens with zero attached hydrogens (tertiary/aromatic N) is 1. The van der Waals surface area contributed by atoms with Gasteiger partial charge in [0.15, 0.2) is 5.16 Å². The van der Waals surface area contributed by atoms with Gasteiger partial charge in [0.1, 0.15) is 0 Å². The second-order valence-electron chi connectivity index (χ2n) is 5.46. The standard InChI is InChI=1S/C16H15Cl2N3O2S/c17-9-5-6-11(18)13(7-9)19-14(22)8-24-16-20-12-4-2-1-3-10(12)15(23)21-16/h5-7H,1-4,8H2,(H,19,22)(H,20,21,23). The number of aromatic nitrogens is 2. The molecular formula is C16H15Cl2N3O2S. The first-order valence-electron chi connectivity index (χ1n) is 7.52. The highest BCUT2D eigenvalue weighted by atomic mass is 35.5. The normalized spacial score (nSPS) is 13.4. The largest absolute Gasteiger partial charge is 0.324 e. The van der Waals surface area contributed by atoms with Crippen LogP contribution >= 0.6 is 35.0 Å². The average Bonchev–Trinajstić information content (AvgIpc) is 2.56. The number of amides is 1. The van der Waals surface area contributed by atoms with Crippen LogP contribution in [0.5, 0.6) is 0 Å². The molecule has 126 valence electrons. The number of rotatable bonds is 4. The highest BCUT2D eigenvalue weighted by Crippen LogP contribution is 2.26. The maximum atomic E-state index is 12.1. The van der Waals surface area contributed by atoms with Crippen LogP contribution in [0.15, 0.2) is 28.2 Å². The number of hydrogen-bond donors (Lipinski definition) is 2. The van der Waals surface area contributed by atoms with Crippen LogP contribution in [0.1, 0.15) is 24.1 Å². The maximum absolute atomic E-state index is 12.1. The van der Waals surface area contributed by atoms with Gasteiger partial charge in [-0.2, -0.15) is 0 Å². The predicted octanol–water partition coefficient (Wildman–Crippen LogP) is 3.69. The molecule has 1 heterocycles. The Labute approximate surface area is 153 Å². The molecule has 2 N–H and O–H groups in total. The van der Waals surface area contributed by atoms with E-state index in [1.165, 1.54) is 11.8 Å². The van der Waals surface area contributed by atoms with E-state index in [0.29, 0.717) is 20.9 Å². The molecule has 0 radical (unpaired) electrons. The van der Waals surface area contributed by atoms with Crippen molar-refractivity contribution in [2.45, 2.75) is 30.8 Å². The summed E-state index contributed by atoms with van der Waals surface area (Å²) in [6, 6.07) is 4.86. The van der Waals surface area contributed by atoms with Gasteiger partial charge in [0, 0.05) is 10.6 Å². The van der Waals surface area contributed by atoms with Gasteiger partial charge in [-0.05, 0) is 43.9 Å². The summed E-state index contributed by atoms with van der Waals surface area (Å²) in [7, 11) is 0. The topological polar surface area (TPSA) is 74.8 Å². The Hall–Kier alpha value is -1.50. The fourth-order valence-electron chi connectivity index (χ4n) is 2.56. The summed E-state index contributed by atoms with van der Waals surface area (Å²) in [6.07, 6.45) is 3.65. The quantitative estimate of drug-likeness (QED) is 0.623. The second kappa shape index (κ2) is 7.59. The average molecular weight is 384 g/mol. The third kappa shape index (κ3) is 4.12. The van der Waals surface area contributed by atoms with Gasteiger partial charge in [0.05, 0.1) is 22.2 Å². The molecule has 0 unspecified atom stereocenters. The van der Waals surface area contributed by atoms with E-state index in [4.69, 9.17) is 23.2 Å². The van der Waals surface area contributed by atoms with Gasteiger partial charge in [-0.25, -0.2) is 4.98 Å². The summed E-state index contributed by atoms with van der Waals surface area (Å²) in [5.41, 5.74) is 1.99. The zero-order valence-corrected chi connectivity index (χ0v) is 15.0. The summed E-state index contributed by atoms with van der Waals surface area (Å²) < 4.78 is 0. The number of hydrogen-bond acceptors (Lipinski definition) is 4. The molecule has 1 aliphatic rings. The van der Waals surface area contributed by atoms with Gasteiger partial charge in [-0.15, -0.1) is 0 Å². The maximum Gasteiger partial charge on any atom is 0.254 e. The van der Waals surface area contributed by atoms with Gasteiger partial charge in [0.2, 0.25) is 5.91 Å². The number of halogens is 2. The van der Waals surface area contributed by atoms with Crippen LogP contribution in [0, 0.1) is 0 Å². The molecule has 0 atom stereocenters. The van der Waals surface area contributed by atoms with Crippen molar-refractivity contribution in [2.75, 3.05) is 11.1 Å². The molecule has 1 amide bonds. The van der Waals surface area contributed by atoms with Crippen molar-refractivity contribution >= 4 is 46.6 Å². The Kier molecular flexibility index (Phi) is 5.48. The van der Waals surface area contributed by atoms with Gasteiger partial charge in [0.25, 0.3) is 5.56 Å². The molecule has 8 heteroatoms. The summed E-state index contributed by atoms with van der Waals surface area (Å²) in [5, 5.41) is 4.07. The van der Waals surface area contributed by atoms with Crippen molar-refractivity contribution < 1.29 is 4.79 Å². The smallest absolute Gasteiger partial charge is 0.254 e. The van der Waals surface area contributed by atoms with Crippen molar-refractivity contribution in [1.82, 2.24) is 9.97 Å². The van der Waals surface area contributed by atoms with E-state index >= 15 is 0 Å². The number of carbonyl (C=O) groups excluding carboxylic acids is 1. The first-order valence-corrected chi connectivity index (χ1v) is 9.27. The lowest BCUT2D eigenvalue weighted by atomic mass is 9.97. The van der Waals surface area contributed by atoms with Crippen molar-refractivity contribution in [3.05, 3.63) is 49.9 Å². The van der Waals surface area contributed by atoms with Crippen LogP contribution in [0.2, 0.25) is 10.0 Å². The molecule has 0 fully saturated rings. The van der Waals surface area contributed by atoms with Crippen LogP contribution in [-0.2, 0) is 17.6 Å². The highest BCUT2D eigenvalue weighted by molar-refractivity contribution is 7.99. The summed E-state index contributed by atoms with van der Waals surface area (Å²) >= 11 is 13.1. The Morgan fingerprint density at radius 2 is 2.08 bits per heavy atom. The number of nitrogens with one attached hydrogen (secondary N) is 2. The minimum Gasteiger partial charge on any atom is -0.324 e. The number of aromatic amines is 1. The molecule has 1 aromatic heterocycles. The molecule has 0 saturated carbocycles. The molecule has 5 nitrogen and oxygen atoms in total. The minimum atomic E-state index is -0.246. The van der Waals surface area contributed by atoms with E-state index in [-0.39, 0.29) is 17.2 Å². The Bertz CT molecular complexity index is 839. The molecule has 1 aliphatic carbocycles. The lowest BCUT2D eigenvalue weighted by Crippen LogP contribution is -2.22. The number of fused-ring (bicyclic) bond motifs is 1. The van der Waals surface area contributed by atoms with E-state index in [1.54, 1.807) is 18.2 Å². The van der Waals surface area contributed by atoms with Crippen LogP contribution in [0.4, 0.5) is 5.69 Å². The fourth-order valence-corrected chi connectivity index (χ4v) is 3.58. The molecule has 0 spiro atoms. The molecule has 0 bridgehead atoms.